The summed E-state index contributed by atoms with van der Waals surface area (Å²) in [7, 11) is 1.59. The molecule has 9 heteroatoms. The van der Waals surface area contributed by atoms with Crippen molar-refractivity contribution < 1.29 is 13.9 Å². The van der Waals surface area contributed by atoms with E-state index < -0.39 is 0 Å². The first-order valence-electron chi connectivity index (χ1n) is 9.30. The fourth-order valence-corrected chi connectivity index (χ4v) is 4.45. The van der Waals surface area contributed by atoms with Crippen molar-refractivity contribution in [3.63, 3.8) is 0 Å². The molecule has 1 amide bonds. The maximum Gasteiger partial charge on any atom is 0.251 e. The van der Waals surface area contributed by atoms with Crippen LogP contribution in [0, 0.1) is 5.82 Å². The summed E-state index contributed by atoms with van der Waals surface area (Å²) in [5, 5.41) is 11.4. The minimum atomic E-state index is -0.364. The predicted octanol–water partition coefficient (Wildman–Crippen LogP) is 3.49. The fourth-order valence-electron chi connectivity index (χ4n) is 3.41. The summed E-state index contributed by atoms with van der Waals surface area (Å²) in [5.74, 6) is 0.546. The molecule has 7 nitrogen and oxygen atoms in total. The van der Waals surface area contributed by atoms with Gasteiger partial charge in [0.15, 0.2) is 10.8 Å². The van der Waals surface area contributed by atoms with Crippen LogP contribution in [0.5, 0.6) is 5.75 Å². The summed E-state index contributed by atoms with van der Waals surface area (Å²) in [6, 6.07) is 11.8. The highest BCUT2D eigenvalue weighted by Crippen LogP contribution is 2.40. The molecule has 0 atom stereocenters. The molecule has 1 N–H and O–H groups in total. The lowest BCUT2D eigenvalue weighted by atomic mass is 10.1. The Hall–Kier alpha value is -3.59. The second-order valence-electron chi connectivity index (χ2n) is 6.66. The van der Waals surface area contributed by atoms with Gasteiger partial charge in [0.25, 0.3) is 5.91 Å². The van der Waals surface area contributed by atoms with Gasteiger partial charge in [-0.3, -0.25) is 9.36 Å². The lowest BCUT2D eigenvalue weighted by Crippen LogP contribution is -2.17. The van der Waals surface area contributed by atoms with Gasteiger partial charge in [0.1, 0.15) is 17.9 Å². The molecular formula is C21H16FN5O2S. The van der Waals surface area contributed by atoms with Gasteiger partial charge in [-0.05, 0) is 30.3 Å². The summed E-state index contributed by atoms with van der Waals surface area (Å²) < 4.78 is 21.8. The van der Waals surface area contributed by atoms with E-state index in [1.165, 1.54) is 23.7 Å². The highest BCUT2D eigenvalue weighted by molar-refractivity contribution is 7.15. The molecule has 0 spiro atoms. The lowest BCUT2D eigenvalue weighted by Gasteiger charge is -2.09. The van der Waals surface area contributed by atoms with E-state index in [0.29, 0.717) is 40.9 Å². The average molecular weight is 421 g/mol. The summed E-state index contributed by atoms with van der Waals surface area (Å²) in [4.78, 5) is 17.8. The quantitative estimate of drug-likeness (QED) is 0.548. The molecule has 3 heterocycles. The number of ether oxygens (including phenoxy) is 1. The first-order chi connectivity index (χ1) is 14.7. The number of carbonyl (C=O) groups is 1. The van der Waals surface area contributed by atoms with Crippen molar-refractivity contribution in [3.8, 4) is 33.5 Å². The Kier molecular flexibility index (Phi) is 4.51. The van der Waals surface area contributed by atoms with Gasteiger partial charge in [-0.2, -0.15) is 0 Å². The molecule has 1 aliphatic rings. The molecule has 0 saturated carbocycles. The van der Waals surface area contributed by atoms with E-state index in [2.05, 4.69) is 15.5 Å². The molecule has 1 aliphatic heterocycles. The van der Waals surface area contributed by atoms with E-state index in [-0.39, 0.29) is 11.7 Å². The molecule has 0 bridgehead atoms. The van der Waals surface area contributed by atoms with Crippen molar-refractivity contribution in [2.24, 2.45) is 0 Å². The summed E-state index contributed by atoms with van der Waals surface area (Å²) in [5.41, 5.74) is 2.49. The van der Waals surface area contributed by atoms with E-state index in [4.69, 9.17) is 9.72 Å². The number of halogens is 1. The molecule has 0 saturated heterocycles. The Bertz CT molecular complexity index is 1270. The zero-order valence-corrected chi connectivity index (χ0v) is 16.7. The van der Waals surface area contributed by atoms with Crippen LogP contribution < -0.4 is 10.1 Å². The van der Waals surface area contributed by atoms with E-state index in [9.17, 15) is 9.18 Å². The van der Waals surface area contributed by atoms with Crippen LogP contribution in [0.4, 0.5) is 4.39 Å². The third-order valence-electron chi connectivity index (χ3n) is 4.86. The Labute approximate surface area is 175 Å². The van der Waals surface area contributed by atoms with Gasteiger partial charge in [0.05, 0.1) is 18.0 Å². The monoisotopic (exact) mass is 421 g/mol. The summed E-state index contributed by atoms with van der Waals surface area (Å²) in [6.07, 6.45) is 2.15. The Morgan fingerprint density at radius 1 is 1.27 bits per heavy atom. The van der Waals surface area contributed by atoms with Crippen LogP contribution >= 0.6 is 11.3 Å². The number of benzene rings is 2. The average Bonchev–Trinajstić information content (AvgIpc) is 3.37. The fraction of sp³-hybridized carbons (Fsp3) is 0.143. The molecule has 5 rings (SSSR count). The topological polar surface area (TPSA) is 81.9 Å². The van der Waals surface area contributed by atoms with Gasteiger partial charge in [-0.25, -0.2) is 9.37 Å². The standard InChI is InChI=1S/C21H16FN5O2S/c1-23-20(28)12-6-7-13-16(10-12)29-9-8-17-18(13)25-21(30-17)19-26-24-11-27(19)15-5-3-2-4-14(15)22/h2-7,10-11H,8-9H2,1H3,(H,23,28). The molecule has 150 valence electrons. The molecule has 2 aromatic carbocycles. The molecule has 0 aliphatic carbocycles. The number of para-hydroxylation sites is 1. The van der Waals surface area contributed by atoms with Gasteiger partial charge in [0, 0.05) is 29.5 Å². The van der Waals surface area contributed by atoms with Gasteiger partial charge < -0.3 is 10.1 Å². The van der Waals surface area contributed by atoms with Crippen LogP contribution in [0.25, 0.3) is 27.8 Å². The van der Waals surface area contributed by atoms with Crippen molar-refractivity contribution in [3.05, 3.63) is 65.0 Å². The minimum Gasteiger partial charge on any atom is -0.492 e. The van der Waals surface area contributed by atoms with Crippen LogP contribution in [-0.2, 0) is 6.42 Å². The summed E-state index contributed by atoms with van der Waals surface area (Å²) >= 11 is 1.48. The Balaban J connectivity index is 1.60. The second kappa shape index (κ2) is 7.34. The number of rotatable bonds is 3. The highest BCUT2D eigenvalue weighted by Gasteiger charge is 2.24. The van der Waals surface area contributed by atoms with E-state index in [1.807, 2.05) is 6.07 Å². The minimum absolute atomic E-state index is 0.178. The Morgan fingerprint density at radius 3 is 2.97 bits per heavy atom. The first-order valence-corrected chi connectivity index (χ1v) is 10.1. The molecule has 30 heavy (non-hydrogen) atoms. The van der Waals surface area contributed by atoms with Crippen molar-refractivity contribution >= 4 is 17.2 Å². The predicted molar refractivity (Wildman–Crippen MR) is 110 cm³/mol. The highest BCUT2D eigenvalue weighted by atomic mass is 32.1. The number of aromatic nitrogens is 4. The van der Waals surface area contributed by atoms with Crippen LogP contribution in [-0.4, -0.2) is 39.3 Å². The van der Waals surface area contributed by atoms with Crippen molar-refractivity contribution in [2.45, 2.75) is 6.42 Å². The lowest BCUT2D eigenvalue weighted by molar-refractivity contribution is 0.0962. The van der Waals surface area contributed by atoms with Crippen LogP contribution in [0.2, 0.25) is 0 Å². The number of nitrogens with one attached hydrogen (secondary N) is 1. The van der Waals surface area contributed by atoms with Crippen molar-refractivity contribution in [1.29, 1.82) is 0 Å². The number of hydrogen-bond acceptors (Lipinski definition) is 6. The smallest absolute Gasteiger partial charge is 0.251 e. The molecule has 0 unspecified atom stereocenters. The number of carbonyl (C=O) groups excluding carboxylic acids is 1. The van der Waals surface area contributed by atoms with Crippen molar-refractivity contribution in [1.82, 2.24) is 25.1 Å². The second-order valence-corrected chi connectivity index (χ2v) is 7.74. The first kappa shape index (κ1) is 18.4. The molecule has 0 radical (unpaired) electrons. The molecule has 4 aromatic rings. The van der Waals surface area contributed by atoms with E-state index in [1.54, 1.807) is 41.9 Å². The van der Waals surface area contributed by atoms with Gasteiger partial charge in [-0.15, -0.1) is 21.5 Å². The van der Waals surface area contributed by atoms with E-state index >= 15 is 0 Å². The van der Waals surface area contributed by atoms with Crippen molar-refractivity contribution in [2.75, 3.05) is 13.7 Å². The maximum atomic E-state index is 14.3. The number of amides is 1. The molecule has 2 aromatic heterocycles. The zero-order chi connectivity index (χ0) is 20.7. The third-order valence-corrected chi connectivity index (χ3v) is 5.97. The molecular weight excluding hydrogens is 405 g/mol. The van der Waals surface area contributed by atoms with Gasteiger partial charge in [-0.1, -0.05) is 12.1 Å². The zero-order valence-electron chi connectivity index (χ0n) is 15.9. The van der Waals surface area contributed by atoms with Gasteiger partial charge in [0.2, 0.25) is 0 Å². The SMILES string of the molecule is CNC(=O)c1ccc2c(c1)OCCc1sc(-c3nncn3-c3ccccc3F)nc1-2. The van der Waals surface area contributed by atoms with Crippen LogP contribution in [0.1, 0.15) is 15.2 Å². The third kappa shape index (κ3) is 3.03. The van der Waals surface area contributed by atoms with Gasteiger partial charge >= 0.3 is 0 Å². The maximum absolute atomic E-state index is 14.3. The summed E-state index contributed by atoms with van der Waals surface area (Å²) in [6.45, 7) is 0.471. The number of thiazole rings is 1. The van der Waals surface area contributed by atoms with Crippen LogP contribution in [0.15, 0.2) is 48.8 Å². The van der Waals surface area contributed by atoms with E-state index in [0.717, 1.165) is 16.1 Å². The number of nitrogens with zero attached hydrogens (tertiary/aromatic N) is 4. The Morgan fingerprint density at radius 2 is 2.13 bits per heavy atom. The largest absolute Gasteiger partial charge is 0.492 e. The number of hydrogen-bond donors (Lipinski definition) is 1. The van der Waals surface area contributed by atoms with Crippen LogP contribution in [0.3, 0.4) is 0 Å². The molecule has 0 fully saturated rings. The number of fused-ring (bicyclic) bond motifs is 3. The normalized spacial score (nSPS) is 12.5.